The van der Waals surface area contributed by atoms with Gasteiger partial charge < -0.3 is 4.52 Å². The largest absolute Gasteiger partial charge is 0.358 e. The van der Waals surface area contributed by atoms with E-state index in [1.807, 2.05) is 38.1 Å². The predicted octanol–water partition coefficient (Wildman–Crippen LogP) is 6.42. The maximum atomic E-state index is 12.9. The van der Waals surface area contributed by atoms with Crippen molar-refractivity contribution >= 4 is 34.4 Å². The molecule has 1 aliphatic heterocycles. The molecule has 0 saturated heterocycles. The third-order valence-electron chi connectivity index (χ3n) is 6.35. The van der Waals surface area contributed by atoms with Gasteiger partial charge in [0.05, 0.1) is 22.9 Å². The summed E-state index contributed by atoms with van der Waals surface area (Å²) in [6.07, 6.45) is 2.09. The summed E-state index contributed by atoms with van der Waals surface area (Å²) < 4.78 is 5.89. The second kappa shape index (κ2) is 6.89. The van der Waals surface area contributed by atoms with Gasteiger partial charge in [-0.05, 0) is 51.3 Å². The minimum Gasteiger partial charge on any atom is -0.358 e. The highest BCUT2D eigenvalue weighted by molar-refractivity contribution is 7.16. The Bertz CT molecular complexity index is 1200. The number of halogens is 1. The zero-order valence-corrected chi connectivity index (χ0v) is 19.1. The van der Waals surface area contributed by atoms with Gasteiger partial charge in [-0.25, -0.2) is 0 Å². The monoisotopic (exact) mass is 438 g/mol. The lowest BCUT2D eigenvalue weighted by Gasteiger charge is -2.12. The third kappa shape index (κ3) is 2.75. The molecule has 4 nitrogen and oxygen atoms in total. The Balaban J connectivity index is 1.80. The van der Waals surface area contributed by atoms with Crippen molar-refractivity contribution in [3.63, 3.8) is 0 Å². The molecular weight excluding hydrogens is 416 g/mol. The van der Waals surface area contributed by atoms with Crippen molar-refractivity contribution < 1.29 is 9.32 Å². The fourth-order valence-electron chi connectivity index (χ4n) is 4.57. The van der Waals surface area contributed by atoms with E-state index in [-0.39, 0.29) is 11.7 Å². The molecule has 1 aromatic carbocycles. The van der Waals surface area contributed by atoms with Gasteiger partial charge in [-0.1, -0.05) is 35.8 Å². The Kier molecular flexibility index (Phi) is 4.53. The number of nitrogens with zero attached hydrogens (tertiary/aromatic N) is 2. The Hall–Kier alpha value is -2.24. The number of ketones is 1. The first-order valence-corrected chi connectivity index (χ1v) is 11.5. The Labute approximate surface area is 185 Å². The molecule has 0 radical (unpaired) electrons. The number of Topliss-reactive ketones (excluding diaryl/α,β-unsaturated/α-hetero) is 1. The molecule has 1 saturated carbocycles. The van der Waals surface area contributed by atoms with Crippen LogP contribution in [0.5, 0.6) is 0 Å². The van der Waals surface area contributed by atoms with Gasteiger partial charge >= 0.3 is 0 Å². The molecule has 154 valence electrons. The number of hydrogen-bond donors (Lipinski definition) is 0. The predicted molar refractivity (Wildman–Crippen MR) is 121 cm³/mol. The van der Waals surface area contributed by atoms with Gasteiger partial charge in [0.15, 0.2) is 5.76 Å². The number of aryl methyl sites for hydroxylation is 2. The van der Waals surface area contributed by atoms with Crippen LogP contribution in [0, 0.1) is 26.7 Å². The zero-order valence-electron chi connectivity index (χ0n) is 17.5. The Morgan fingerprint density at radius 3 is 2.67 bits per heavy atom. The number of aliphatic imine (C=N–C) groups is 1. The van der Waals surface area contributed by atoms with E-state index in [4.69, 9.17) is 21.1 Å². The van der Waals surface area contributed by atoms with E-state index in [9.17, 15) is 4.79 Å². The van der Waals surface area contributed by atoms with E-state index in [0.29, 0.717) is 17.9 Å². The van der Waals surface area contributed by atoms with Crippen LogP contribution in [0.4, 0.5) is 0 Å². The molecule has 2 unspecified atom stereocenters. The first kappa shape index (κ1) is 19.7. The number of benzene rings is 1. The van der Waals surface area contributed by atoms with Crippen LogP contribution in [0.15, 0.2) is 33.8 Å². The van der Waals surface area contributed by atoms with Crippen molar-refractivity contribution in [1.29, 1.82) is 0 Å². The average molecular weight is 439 g/mol. The van der Waals surface area contributed by atoms with Gasteiger partial charge in [-0.2, -0.15) is 0 Å². The van der Waals surface area contributed by atoms with E-state index in [1.54, 1.807) is 11.3 Å². The quantitative estimate of drug-likeness (QED) is 0.472. The average Bonchev–Trinajstić information content (AvgIpc) is 3.24. The van der Waals surface area contributed by atoms with Gasteiger partial charge in [-0.3, -0.25) is 9.79 Å². The summed E-state index contributed by atoms with van der Waals surface area (Å²) in [5.74, 6) is 0.858. The number of aromatic nitrogens is 1. The van der Waals surface area contributed by atoms with Crippen LogP contribution in [0.3, 0.4) is 0 Å². The molecule has 6 heteroatoms. The Morgan fingerprint density at radius 1 is 1.23 bits per heavy atom. The van der Waals surface area contributed by atoms with Crippen LogP contribution < -0.4 is 0 Å². The summed E-state index contributed by atoms with van der Waals surface area (Å²) in [5.41, 5.74) is 5.48. The fraction of sp³-hybridized carbons (Fsp3) is 0.375. The highest BCUT2D eigenvalue weighted by Crippen LogP contribution is 2.61. The summed E-state index contributed by atoms with van der Waals surface area (Å²) in [5, 5.41) is 4.99. The topological polar surface area (TPSA) is 55.5 Å². The molecule has 0 N–H and O–H groups in total. The maximum absolute atomic E-state index is 12.9. The summed E-state index contributed by atoms with van der Waals surface area (Å²) in [7, 11) is 0. The van der Waals surface area contributed by atoms with Gasteiger partial charge in [0.1, 0.15) is 11.3 Å². The molecule has 0 bridgehead atoms. The van der Waals surface area contributed by atoms with E-state index in [1.165, 1.54) is 10.4 Å². The molecular formula is C24H23ClN2O2S. The smallest absolute Gasteiger partial charge is 0.173 e. The number of fused-ring (bicyclic) bond motifs is 4. The number of rotatable bonds is 4. The standard InChI is InChI=1S/C24H23ClN2O2S/c1-5-6-18(28)17-11-24(17)23-20(13(3)27-29-23)22-19(12(2)14(4)30-22)21(26-24)15-7-9-16(25)10-8-15/h7-10,17H,5-6,11H2,1-4H3. The van der Waals surface area contributed by atoms with Crippen molar-refractivity contribution in [2.24, 2.45) is 10.9 Å². The molecule has 3 aromatic rings. The number of carbonyl (C=O) groups excluding carboxylic acids is 1. The lowest BCUT2D eigenvalue weighted by atomic mass is 9.96. The van der Waals surface area contributed by atoms with Crippen LogP contribution in [0.1, 0.15) is 59.2 Å². The lowest BCUT2D eigenvalue weighted by Crippen LogP contribution is -2.16. The van der Waals surface area contributed by atoms with Gasteiger partial charge in [0, 0.05) is 32.3 Å². The highest BCUT2D eigenvalue weighted by atomic mass is 35.5. The molecule has 1 aliphatic carbocycles. The van der Waals surface area contributed by atoms with Crippen molar-refractivity contribution in [2.45, 2.75) is 52.5 Å². The van der Waals surface area contributed by atoms with Crippen molar-refractivity contribution in [2.75, 3.05) is 0 Å². The Morgan fingerprint density at radius 2 is 1.97 bits per heavy atom. The second-order valence-electron chi connectivity index (χ2n) is 8.32. The van der Waals surface area contributed by atoms with Gasteiger partial charge in [0.2, 0.25) is 0 Å². The normalized spacial score (nSPS) is 21.8. The molecule has 2 aromatic heterocycles. The molecule has 1 spiro atoms. The molecule has 2 aliphatic rings. The van der Waals surface area contributed by atoms with E-state index in [0.717, 1.165) is 45.2 Å². The van der Waals surface area contributed by atoms with Crippen LogP contribution in [-0.2, 0) is 10.3 Å². The SMILES string of the molecule is CCCC(=O)C1CC12N=C(c1ccc(Cl)cc1)c1c(sc(C)c1C)-c1c(C)noc12. The molecule has 2 atom stereocenters. The number of carbonyl (C=O) groups is 1. The number of hydrogen-bond acceptors (Lipinski definition) is 5. The van der Waals surface area contributed by atoms with Crippen LogP contribution >= 0.6 is 22.9 Å². The van der Waals surface area contributed by atoms with Crippen molar-refractivity contribution in [3.05, 3.63) is 62.3 Å². The van der Waals surface area contributed by atoms with Crippen molar-refractivity contribution in [1.82, 2.24) is 5.16 Å². The lowest BCUT2D eigenvalue weighted by molar-refractivity contribution is -0.120. The molecule has 1 fully saturated rings. The van der Waals surface area contributed by atoms with E-state index < -0.39 is 5.54 Å². The summed E-state index contributed by atoms with van der Waals surface area (Å²) in [6.45, 7) is 8.29. The molecule has 3 heterocycles. The van der Waals surface area contributed by atoms with E-state index in [2.05, 4.69) is 19.0 Å². The fourth-order valence-corrected chi connectivity index (χ4v) is 5.95. The summed E-state index contributed by atoms with van der Waals surface area (Å²) in [4.78, 5) is 20.6. The van der Waals surface area contributed by atoms with Gasteiger partial charge in [0.25, 0.3) is 0 Å². The highest BCUT2D eigenvalue weighted by Gasteiger charge is 2.64. The molecule has 30 heavy (non-hydrogen) atoms. The minimum atomic E-state index is -0.656. The summed E-state index contributed by atoms with van der Waals surface area (Å²) >= 11 is 7.91. The van der Waals surface area contributed by atoms with Crippen molar-refractivity contribution in [3.8, 4) is 10.4 Å². The second-order valence-corrected chi connectivity index (χ2v) is 9.99. The number of thiophene rings is 1. The van der Waals surface area contributed by atoms with Crippen LogP contribution in [0.2, 0.25) is 5.02 Å². The molecule has 0 amide bonds. The maximum Gasteiger partial charge on any atom is 0.173 e. The first-order chi connectivity index (χ1) is 14.4. The zero-order chi connectivity index (χ0) is 21.2. The molecule has 5 rings (SSSR count). The van der Waals surface area contributed by atoms with Crippen LogP contribution in [0.25, 0.3) is 10.4 Å². The van der Waals surface area contributed by atoms with E-state index >= 15 is 0 Å². The first-order valence-electron chi connectivity index (χ1n) is 10.3. The summed E-state index contributed by atoms with van der Waals surface area (Å²) in [6, 6.07) is 7.80. The van der Waals surface area contributed by atoms with Gasteiger partial charge in [-0.15, -0.1) is 11.3 Å². The minimum absolute atomic E-state index is 0.152. The van der Waals surface area contributed by atoms with Crippen LogP contribution in [-0.4, -0.2) is 16.7 Å². The third-order valence-corrected chi connectivity index (χ3v) is 7.83.